The van der Waals surface area contributed by atoms with Gasteiger partial charge < -0.3 is 10.1 Å². The molecular weight excluding hydrogens is 329 g/mol. The summed E-state index contributed by atoms with van der Waals surface area (Å²) in [7, 11) is 0. The molecule has 0 aromatic carbocycles. The fourth-order valence-corrected chi connectivity index (χ4v) is 2.15. The molecule has 0 rings (SSSR count). The monoisotopic (exact) mass is 365 g/mol. The Bertz CT molecular complexity index is 428. The van der Waals surface area contributed by atoms with Gasteiger partial charge in [-0.2, -0.15) is 0 Å². The van der Waals surface area contributed by atoms with Gasteiger partial charge in [-0.15, -0.1) is 0 Å². The number of ether oxygens (including phenoxy) is 1. The number of carbonyl (C=O) groups excluding carboxylic acids is 1. The Balaban J connectivity index is 3.42. The van der Waals surface area contributed by atoms with Crippen LogP contribution in [0.15, 0.2) is 48.6 Å². The maximum atomic E-state index is 11.8. The number of alkyl carbamates (subject to hydrolysis) is 1. The summed E-state index contributed by atoms with van der Waals surface area (Å²) in [6.07, 6.45) is 26.7. The summed E-state index contributed by atoms with van der Waals surface area (Å²) in [6.45, 7) is 1.95. The average Bonchev–Trinajstić information content (AvgIpc) is 2.65. The number of allylic oxidation sites excluding steroid dienone is 8. The molecule has 0 unspecified atom stereocenters. The van der Waals surface area contributed by atoms with E-state index in [1.807, 2.05) is 0 Å². The summed E-state index contributed by atoms with van der Waals surface area (Å²) in [5, 5.41) is 2.58. The van der Waals surface area contributed by atoms with Gasteiger partial charge in [0.1, 0.15) is 13.3 Å². The van der Waals surface area contributed by atoms with E-state index in [0.717, 1.165) is 32.1 Å². The van der Waals surface area contributed by atoms with Crippen LogP contribution in [0.1, 0.15) is 64.7 Å². The lowest BCUT2D eigenvalue weighted by Crippen LogP contribution is -2.25. The number of alkyl halides is 1. The fourth-order valence-electron chi connectivity index (χ4n) is 2.15. The van der Waals surface area contributed by atoms with Crippen LogP contribution in [-0.4, -0.2) is 25.9 Å². The molecule has 0 heterocycles. The van der Waals surface area contributed by atoms with Gasteiger partial charge in [0, 0.05) is 6.54 Å². The maximum absolute atomic E-state index is 11.8. The van der Waals surface area contributed by atoms with Crippen molar-refractivity contribution in [2.75, 3.05) is 19.8 Å². The van der Waals surface area contributed by atoms with Gasteiger partial charge >= 0.3 is 6.09 Å². The summed E-state index contributed by atoms with van der Waals surface area (Å²) < 4.78 is 16.3. The van der Waals surface area contributed by atoms with Gasteiger partial charge in [0.15, 0.2) is 0 Å². The highest BCUT2D eigenvalue weighted by atomic mass is 19.1. The second-order valence-electron chi connectivity index (χ2n) is 5.98. The van der Waals surface area contributed by atoms with E-state index in [1.54, 1.807) is 0 Å². The van der Waals surface area contributed by atoms with Crippen molar-refractivity contribution >= 4 is 6.09 Å². The van der Waals surface area contributed by atoms with E-state index in [-0.39, 0.29) is 6.61 Å². The van der Waals surface area contributed by atoms with Crippen molar-refractivity contribution in [3.8, 4) is 0 Å². The molecule has 0 aromatic heterocycles. The van der Waals surface area contributed by atoms with Crippen LogP contribution in [0.5, 0.6) is 0 Å². The zero-order valence-corrected chi connectivity index (χ0v) is 16.3. The summed E-state index contributed by atoms with van der Waals surface area (Å²) >= 11 is 0. The van der Waals surface area contributed by atoms with Crippen LogP contribution in [0.4, 0.5) is 9.18 Å². The minimum Gasteiger partial charge on any atom is -0.447 e. The van der Waals surface area contributed by atoms with Gasteiger partial charge in [-0.3, -0.25) is 0 Å². The molecule has 0 aliphatic rings. The molecule has 3 nitrogen and oxygen atoms in total. The molecule has 0 aliphatic carbocycles. The Kier molecular flexibility index (Phi) is 19.7. The molecule has 26 heavy (non-hydrogen) atoms. The van der Waals surface area contributed by atoms with Crippen molar-refractivity contribution in [1.29, 1.82) is 0 Å². The van der Waals surface area contributed by atoms with E-state index in [0.29, 0.717) is 6.54 Å². The van der Waals surface area contributed by atoms with E-state index in [2.05, 4.69) is 65.6 Å². The van der Waals surface area contributed by atoms with Crippen LogP contribution < -0.4 is 5.32 Å². The molecule has 0 saturated heterocycles. The lowest BCUT2D eigenvalue weighted by Gasteiger charge is -2.03. The smallest absolute Gasteiger partial charge is 0.407 e. The molecule has 0 bridgehead atoms. The van der Waals surface area contributed by atoms with Crippen LogP contribution in [0.2, 0.25) is 0 Å². The fraction of sp³-hybridized carbons (Fsp3) is 0.591. The van der Waals surface area contributed by atoms with Crippen molar-refractivity contribution in [1.82, 2.24) is 5.32 Å². The number of hydrogen-bond donors (Lipinski definition) is 1. The molecule has 0 saturated carbocycles. The van der Waals surface area contributed by atoms with E-state index in [1.165, 1.54) is 25.7 Å². The number of rotatable bonds is 16. The number of nitrogens with one attached hydrogen (secondary N) is 1. The van der Waals surface area contributed by atoms with Gasteiger partial charge in [-0.25, -0.2) is 9.18 Å². The zero-order valence-electron chi connectivity index (χ0n) is 16.3. The first-order chi connectivity index (χ1) is 12.8. The SMILES string of the molecule is CCCCC/C=C\C/C=C\C/C=C\C/C=C\CCCNC(=O)OCCF. The third-order valence-corrected chi connectivity index (χ3v) is 3.58. The normalized spacial score (nSPS) is 12.1. The minimum atomic E-state index is -0.643. The topological polar surface area (TPSA) is 38.3 Å². The van der Waals surface area contributed by atoms with Crippen LogP contribution in [-0.2, 0) is 4.74 Å². The number of halogens is 1. The van der Waals surface area contributed by atoms with Crippen molar-refractivity contribution < 1.29 is 13.9 Å². The number of carbonyl (C=O) groups is 1. The average molecular weight is 366 g/mol. The van der Waals surface area contributed by atoms with Gasteiger partial charge in [0.25, 0.3) is 0 Å². The second kappa shape index (κ2) is 21.2. The summed E-state index contributed by atoms with van der Waals surface area (Å²) in [4.78, 5) is 11.0. The van der Waals surface area contributed by atoms with Crippen LogP contribution in [0.3, 0.4) is 0 Å². The molecule has 0 fully saturated rings. The predicted octanol–water partition coefficient (Wildman–Crippen LogP) is 6.44. The van der Waals surface area contributed by atoms with Crippen LogP contribution >= 0.6 is 0 Å². The Hall–Kier alpha value is -1.84. The molecule has 4 heteroatoms. The Morgan fingerprint density at radius 2 is 1.38 bits per heavy atom. The van der Waals surface area contributed by atoms with E-state index >= 15 is 0 Å². The Labute approximate surface area is 159 Å². The zero-order chi connectivity index (χ0) is 19.1. The molecule has 1 amide bonds. The van der Waals surface area contributed by atoms with E-state index in [4.69, 9.17) is 0 Å². The number of unbranched alkanes of at least 4 members (excludes halogenated alkanes) is 4. The summed E-state index contributed by atoms with van der Waals surface area (Å²) in [5.74, 6) is 0. The highest BCUT2D eigenvalue weighted by Gasteiger charge is 1.98. The summed E-state index contributed by atoms with van der Waals surface area (Å²) in [5.41, 5.74) is 0. The van der Waals surface area contributed by atoms with Crippen LogP contribution in [0, 0.1) is 0 Å². The van der Waals surface area contributed by atoms with E-state index < -0.39 is 12.8 Å². The maximum Gasteiger partial charge on any atom is 0.407 e. The molecule has 0 aliphatic heterocycles. The van der Waals surface area contributed by atoms with Crippen molar-refractivity contribution in [2.24, 2.45) is 0 Å². The van der Waals surface area contributed by atoms with Crippen LogP contribution in [0.25, 0.3) is 0 Å². The second-order valence-corrected chi connectivity index (χ2v) is 5.98. The largest absolute Gasteiger partial charge is 0.447 e. The third kappa shape index (κ3) is 20.2. The minimum absolute atomic E-state index is 0.178. The number of amides is 1. The molecule has 0 aromatic rings. The lowest BCUT2D eigenvalue weighted by molar-refractivity contribution is 0.137. The molecule has 148 valence electrons. The molecular formula is C22H36FNO2. The Morgan fingerprint density at radius 3 is 1.92 bits per heavy atom. The number of hydrogen-bond acceptors (Lipinski definition) is 2. The molecule has 0 atom stereocenters. The molecule has 1 N–H and O–H groups in total. The summed E-state index contributed by atoms with van der Waals surface area (Å²) in [6, 6.07) is 0. The molecule has 0 radical (unpaired) electrons. The van der Waals surface area contributed by atoms with Gasteiger partial charge in [-0.05, 0) is 44.9 Å². The first kappa shape index (κ1) is 24.2. The van der Waals surface area contributed by atoms with Crippen molar-refractivity contribution in [3.05, 3.63) is 48.6 Å². The highest BCUT2D eigenvalue weighted by Crippen LogP contribution is 2.01. The quantitative estimate of drug-likeness (QED) is 0.252. The highest BCUT2D eigenvalue weighted by molar-refractivity contribution is 5.66. The van der Waals surface area contributed by atoms with E-state index in [9.17, 15) is 9.18 Å². The third-order valence-electron chi connectivity index (χ3n) is 3.58. The predicted molar refractivity (Wildman–Crippen MR) is 109 cm³/mol. The molecule has 0 spiro atoms. The van der Waals surface area contributed by atoms with Gasteiger partial charge in [-0.1, -0.05) is 68.4 Å². The van der Waals surface area contributed by atoms with Gasteiger partial charge in [0.05, 0.1) is 0 Å². The van der Waals surface area contributed by atoms with Crippen molar-refractivity contribution in [2.45, 2.75) is 64.7 Å². The lowest BCUT2D eigenvalue weighted by atomic mass is 10.2. The van der Waals surface area contributed by atoms with Crippen molar-refractivity contribution in [3.63, 3.8) is 0 Å². The first-order valence-electron chi connectivity index (χ1n) is 9.87. The van der Waals surface area contributed by atoms with Gasteiger partial charge in [0.2, 0.25) is 0 Å². The Morgan fingerprint density at radius 1 is 0.846 bits per heavy atom. The standard InChI is InChI=1S/C22H36FNO2/c1-2-3-4-5-6-7-8-9-10-11-12-13-14-15-16-17-18-20-24-22(25)26-21-19-23/h6-7,9-10,12-13,15-16H,2-5,8,11,14,17-21H2,1H3,(H,24,25)/b7-6-,10-9-,13-12-,16-15-. The first-order valence-corrected chi connectivity index (χ1v) is 9.87.